The van der Waals surface area contributed by atoms with Crippen LogP contribution in [0.3, 0.4) is 0 Å². The Labute approximate surface area is 112 Å². The molecule has 1 aromatic rings. The molecule has 2 unspecified atom stereocenters. The molecule has 1 aliphatic carbocycles. The fourth-order valence-corrected chi connectivity index (χ4v) is 3.51. The highest BCUT2D eigenvalue weighted by Gasteiger charge is 2.25. The van der Waals surface area contributed by atoms with Crippen molar-refractivity contribution in [2.24, 2.45) is 5.73 Å². The molecule has 1 fully saturated rings. The van der Waals surface area contributed by atoms with Crippen LogP contribution in [-0.4, -0.2) is 27.9 Å². The molecule has 1 heterocycles. The van der Waals surface area contributed by atoms with Gasteiger partial charge in [0, 0.05) is 17.5 Å². The molecule has 1 aromatic heterocycles. The lowest BCUT2D eigenvalue weighted by atomic mass is 10.2. The number of primary amides is 1. The van der Waals surface area contributed by atoms with Crippen LogP contribution >= 0.6 is 11.8 Å². The number of pyridine rings is 1. The van der Waals surface area contributed by atoms with E-state index in [1.54, 1.807) is 18.3 Å². The summed E-state index contributed by atoms with van der Waals surface area (Å²) in [5, 5.41) is 4.08. The molecule has 5 heteroatoms. The van der Waals surface area contributed by atoms with Gasteiger partial charge in [-0.05, 0) is 37.1 Å². The molecule has 0 spiro atoms. The molecule has 2 atom stereocenters. The van der Waals surface area contributed by atoms with Crippen molar-refractivity contribution in [2.75, 3.05) is 11.1 Å². The van der Waals surface area contributed by atoms with Gasteiger partial charge in [0.25, 0.3) is 5.91 Å². The van der Waals surface area contributed by atoms with Crippen molar-refractivity contribution >= 4 is 23.5 Å². The first-order valence-corrected chi connectivity index (χ1v) is 7.38. The molecular formula is C13H19N3OS. The topological polar surface area (TPSA) is 68.0 Å². The number of aromatic nitrogens is 1. The SMILES string of the molecule is CCSC1CCC(Nc2ncccc2C(N)=O)C1. The summed E-state index contributed by atoms with van der Waals surface area (Å²) < 4.78 is 0. The molecule has 1 saturated carbocycles. The number of nitrogens with two attached hydrogens (primary N) is 1. The van der Waals surface area contributed by atoms with Crippen LogP contribution in [0.4, 0.5) is 5.82 Å². The number of nitrogens with one attached hydrogen (secondary N) is 1. The van der Waals surface area contributed by atoms with Gasteiger partial charge in [0.05, 0.1) is 5.56 Å². The summed E-state index contributed by atoms with van der Waals surface area (Å²) >= 11 is 2.01. The van der Waals surface area contributed by atoms with Gasteiger partial charge in [-0.2, -0.15) is 11.8 Å². The van der Waals surface area contributed by atoms with E-state index in [9.17, 15) is 4.79 Å². The molecule has 4 nitrogen and oxygen atoms in total. The van der Waals surface area contributed by atoms with Crippen LogP contribution in [0.1, 0.15) is 36.5 Å². The van der Waals surface area contributed by atoms with Gasteiger partial charge in [0.1, 0.15) is 5.82 Å². The van der Waals surface area contributed by atoms with Crippen LogP contribution in [-0.2, 0) is 0 Å². The van der Waals surface area contributed by atoms with E-state index in [1.165, 1.54) is 6.42 Å². The smallest absolute Gasteiger partial charge is 0.252 e. The van der Waals surface area contributed by atoms with Crippen molar-refractivity contribution in [3.05, 3.63) is 23.9 Å². The maximum absolute atomic E-state index is 11.3. The van der Waals surface area contributed by atoms with Crippen molar-refractivity contribution < 1.29 is 4.79 Å². The Hall–Kier alpha value is -1.23. The summed E-state index contributed by atoms with van der Waals surface area (Å²) in [5.74, 6) is 1.35. The van der Waals surface area contributed by atoms with Crippen molar-refractivity contribution in [2.45, 2.75) is 37.5 Å². The molecule has 1 amide bonds. The predicted molar refractivity (Wildman–Crippen MR) is 75.9 cm³/mol. The molecule has 98 valence electrons. The van der Waals surface area contributed by atoms with Gasteiger partial charge in [-0.3, -0.25) is 4.79 Å². The maximum Gasteiger partial charge on any atom is 0.252 e. The van der Waals surface area contributed by atoms with E-state index in [4.69, 9.17) is 5.73 Å². The van der Waals surface area contributed by atoms with E-state index in [0.717, 1.165) is 23.8 Å². The fourth-order valence-electron chi connectivity index (χ4n) is 2.37. The Morgan fingerprint density at radius 3 is 3.17 bits per heavy atom. The van der Waals surface area contributed by atoms with Gasteiger partial charge in [0.15, 0.2) is 0 Å². The van der Waals surface area contributed by atoms with Crippen LogP contribution < -0.4 is 11.1 Å². The lowest BCUT2D eigenvalue weighted by Crippen LogP contribution is -2.21. The Morgan fingerprint density at radius 2 is 2.44 bits per heavy atom. The highest BCUT2D eigenvalue weighted by Crippen LogP contribution is 2.31. The fraction of sp³-hybridized carbons (Fsp3) is 0.538. The van der Waals surface area contributed by atoms with Crippen molar-refractivity contribution in [1.82, 2.24) is 4.98 Å². The Bertz CT molecular complexity index is 424. The number of thioether (sulfide) groups is 1. The van der Waals surface area contributed by atoms with Crippen molar-refractivity contribution in [3.8, 4) is 0 Å². The lowest BCUT2D eigenvalue weighted by molar-refractivity contribution is 0.100. The summed E-state index contributed by atoms with van der Waals surface area (Å²) in [7, 11) is 0. The van der Waals surface area contributed by atoms with Crippen LogP contribution in [0.5, 0.6) is 0 Å². The largest absolute Gasteiger partial charge is 0.367 e. The molecule has 18 heavy (non-hydrogen) atoms. The van der Waals surface area contributed by atoms with Gasteiger partial charge in [-0.15, -0.1) is 0 Å². The second-order valence-electron chi connectivity index (χ2n) is 4.50. The van der Waals surface area contributed by atoms with Gasteiger partial charge < -0.3 is 11.1 Å². The van der Waals surface area contributed by atoms with Crippen molar-refractivity contribution in [3.63, 3.8) is 0 Å². The number of nitrogens with zero attached hydrogens (tertiary/aromatic N) is 1. The van der Waals surface area contributed by atoms with Crippen LogP contribution in [0.15, 0.2) is 18.3 Å². The van der Waals surface area contributed by atoms with Crippen LogP contribution in [0.25, 0.3) is 0 Å². The minimum atomic E-state index is -0.428. The molecule has 1 aliphatic rings. The minimum Gasteiger partial charge on any atom is -0.367 e. The number of amides is 1. The van der Waals surface area contributed by atoms with Crippen molar-refractivity contribution in [1.29, 1.82) is 0 Å². The van der Waals surface area contributed by atoms with Gasteiger partial charge in [-0.1, -0.05) is 6.92 Å². The Kier molecular flexibility index (Phi) is 4.47. The van der Waals surface area contributed by atoms with E-state index >= 15 is 0 Å². The number of carbonyl (C=O) groups is 1. The summed E-state index contributed by atoms with van der Waals surface area (Å²) in [4.78, 5) is 15.5. The van der Waals surface area contributed by atoms with E-state index < -0.39 is 5.91 Å². The van der Waals surface area contributed by atoms with E-state index in [2.05, 4.69) is 17.2 Å². The van der Waals surface area contributed by atoms with Gasteiger partial charge >= 0.3 is 0 Å². The lowest BCUT2D eigenvalue weighted by Gasteiger charge is -2.15. The highest BCUT2D eigenvalue weighted by atomic mass is 32.2. The standard InChI is InChI=1S/C13H19N3OS/c1-2-18-10-6-5-9(8-10)16-13-11(12(14)17)4-3-7-15-13/h3-4,7,9-10H,2,5-6,8H2,1H3,(H2,14,17)(H,15,16). The summed E-state index contributed by atoms with van der Waals surface area (Å²) in [6, 6.07) is 3.85. The second kappa shape index (κ2) is 6.09. The molecule has 0 radical (unpaired) electrons. The van der Waals surface area contributed by atoms with Crippen LogP contribution in [0, 0.1) is 0 Å². The quantitative estimate of drug-likeness (QED) is 0.857. The number of carbonyl (C=O) groups excluding carboxylic acids is 1. The molecular weight excluding hydrogens is 246 g/mol. The van der Waals surface area contributed by atoms with Crippen LogP contribution in [0.2, 0.25) is 0 Å². The third-order valence-corrected chi connectivity index (χ3v) is 4.43. The minimum absolute atomic E-state index is 0.405. The molecule has 2 rings (SSSR count). The number of anilines is 1. The normalized spacial score (nSPS) is 22.9. The first kappa shape index (κ1) is 13.2. The predicted octanol–water partition coefficient (Wildman–Crippen LogP) is 2.27. The van der Waals surface area contributed by atoms with Gasteiger partial charge in [0.2, 0.25) is 0 Å². The Morgan fingerprint density at radius 1 is 1.61 bits per heavy atom. The molecule has 0 aromatic carbocycles. The third kappa shape index (κ3) is 3.16. The van der Waals surface area contributed by atoms with E-state index in [-0.39, 0.29) is 0 Å². The summed E-state index contributed by atoms with van der Waals surface area (Å²) in [6.07, 6.45) is 5.18. The number of rotatable bonds is 5. The first-order valence-electron chi connectivity index (χ1n) is 6.33. The van der Waals surface area contributed by atoms with Gasteiger partial charge in [-0.25, -0.2) is 4.98 Å². The number of hydrogen-bond donors (Lipinski definition) is 2. The maximum atomic E-state index is 11.3. The average Bonchev–Trinajstić information content (AvgIpc) is 2.77. The zero-order valence-corrected chi connectivity index (χ0v) is 11.4. The summed E-state index contributed by atoms with van der Waals surface area (Å²) in [5.41, 5.74) is 5.82. The zero-order chi connectivity index (χ0) is 13.0. The molecule has 3 N–H and O–H groups in total. The summed E-state index contributed by atoms with van der Waals surface area (Å²) in [6.45, 7) is 2.19. The van der Waals surface area contributed by atoms with E-state index in [0.29, 0.717) is 17.4 Å². The average molecular weight is 265 g/mol. The molecule has 0 bridgehead atoms. The third-order valence-electron chi connectivity index (χ3n) is 3.20. The zero-order valence-electron chi connectivity index (χ0n) is 10.6. The molecule has 0 aliphatic heterocycles. The molecule has 0 saturated heterocycles. The number of hydrogen-bond acceptors (Lipinski definition) is 4. The second-order valence-corrected chi connectivity index (χ2v) is 6.07. The first-order chi connectivity index (χ1) is 8.70. The Balaban J connectivity index is 2.00. The highest BCUT2D eigenvalue weighted by molar-refractivity contribution is 7.99. The van der Waals surface area contributed by atoms with E-state index in [1.807, 2.05) is 11.8 Å². The monoisotopic (exact) mass is 265 g/mol.